The van der Waals surface area contributed by atoms with Crippen LogP contribution in [0.3, 0.4) is 0 Å². The number of aryl methyl sites for hydroxylation is 1. The zero-order valence-electron chi connectivity index (χ0n) is 10.1. The van der Waals surface area contributed by atoms with Crippen LogP contribution >= 0.6 is 0 Å². The summed E-state index contributed by atoms with van der Waals surface area (Å²) >= 11 is 0. The first-order valence-electron chi connectivity index (χ1n) is 5.29. The SMILES string of the molecule is COc1ccc(C(=O)CNCC(F)(F)F)c(C)c1. The molecule has 1 aromatic rings. The molecule has 0 atom stereocenters. The highest BCUT2D eigenvalue weighted by molar-refractivity contribution is 5.99. The molecule has 0 radical (unpaired) electrons. The summed E-state index contributed by atoms with van der Waals surface area (Å²) in [5.41, 5.74) is 1.07. The second-order valence-electron chi connectivity index (χ2n) is 3.82. The molecule has 1 N–H and O–H groups in total. The van der Waals surface area contributed by atoms with Gasteiger partial charge in [0.05, 0.1) is 20.2 Å². The molecule has 0 saturated carbocycles. The van der Waals surface area contributed by atoms with Crippen molar-refractivity contribution in [3.8, 4) is 5.75 Å². The van der Waals surface area contributed by atoms with Gasteiger partial charge in [0.15, 0.2) is 5.78 Å². The third kappa shape index (κ3) is 4.37. The minimum Gasteiger partial charge on any atom is -0.497 e. The van der Waals surface area contributed by atoms with Crippen molar-refractivity contribution in [2.75, 3.05) is 20.2 Å². The van der Waals surface area contributed by atoms with Crippen molar-refractivity contribution in [1.29, 1.82) is 0 Å². The van der Waals surface area contributed by atoms with Crippen molar-refractivity contribution in [2.45, 2.75) is 13.1 Å². The molecular weight excluding hydrogens is 247 g/mol. The predicted octanol–water partition coefficient (Wildman–Crippen LogP) is 2.34. The number of rotatable bonds is 5. The van der Waals surface area contributed by atoms with Crippen LogP contribution in [0.2, 0.25) is 0 Å². The topological polar surface area (TPSA) is 38.3 Å². The predicted molar refractivity (Wildman–Crippen MR) is 61.0 cm³/mol. The Hall–Kier alpha value is -1.56. The smallest absolute Gasteiger partial charge is 0.401 e. The molecule has 3 nitrogen and oxygen atoms in total. The summed E-state index contributed by atoms with van der Waals surface area (Å²) < 4.78 is 40.7. The van der Waals surface area contributed by atoms with Crippen molar-refractivity contribution in [1.82, 2.24) is 5.32 Å². The Morgan fingerprint density at radius 1 is 1.39 bits per heavy atom. The van der Waals surface area contributed by atoms with E-state index in [0.29, 0.717) is 16.9 Å². The molecule has 0 aromatic heterocycles. The zero-order chi connectivity index (χ0) is 13.8. The number of methoxy groups -OCH3 is 1. The van der Waals surface area contributed by atoms with Crippen LogP contribution in [0.5, 0.6) is 5.75 Å². The lowest BCUT2D eigenvalue weighted by Gasteiger charge is -2.09. The van der Waals surface area contributed by atoms with E-state index in [1.165, 1.54) is 7.11 Å². The molecule has 0 aliphatic rings. The van der Waals surface area contributed by atoms with Gasteiger partial charge in [0.1, 0.15) is 5.75 Å². The Kier molecular flexibility index (Phi) is 4.72. The van der Waals surface area contributed by atoms with Gasteiger partial charge in [-0.3, -0.25) is 4.79 Å². The van der Waals surface area contributed by atoms with E-state index in [1.807, 2.05) is 0 Å². The monoisotopic (exact) mass is 261 g/mol. The van der Waals surface area contributed by atoms with Crippen LogP contribution in [0.15, 0.2) is 18.2 Å². The van der Waals surface area contributed by atoms with Crippen molar-refractivity contribution in [3.05, 3.63) is 29.3 Å². The number of carbonyl (C=O) groups is 1. The van der Waals surface area contributed by atoms with Gasteiger partial charge >= 0.3 is 6.18 Å². The minimum atomic E-state index is -4.31. The van der Waals surface area contributed by atoms with E-state index in [9.17, 15) is 18.0 Å². The van der Waals surface area contributed by atoms with Crippen LogP contribution in [0.4, 0.5) is 13.2 Å². The van der Waals surface area contributed by atoms with Crippen LogP contribution < -0.4 is 10.1 Å². The number of hydrogen-bond donors (Lipinski definition) is 1. The quantitative estimate of drug-likeness (QED) is 0.827. The van der Waals surface area contributed by atoms with Gasteiger partial charge in [-0.05, 0) is 30.7 Å². The van der Waals surface area contributed by atoms with Gasteiger partial charge in [0.2, 0.25) is 0 Å². The maximum Gasteiger partial charge on any atom is 0.401 e. The van der Waals surface area contributed by atoms with Crippen LogP contribution in [-0.2, 0) is 0 Å². The fourth-order valence-electron chi connectivity index (χ4n) is 1.49. The minimum absolute atomic E-state index is 0.341. The first-order chi connectivity index (χ1) is 8.33. The number of nitrogens with one attached hydrogen (secondary N) is 1. The maximum absolute atomic E-state index is 11.9. The van der Waals surface area contributed by atoms with E-state index in [2.05, 4.69) is 5.32 Å². The molecule has 1 aromatic carbocycles. The third-order valence-electron chi connectivity index (χ3n) is 2.34. The molecule has 100 valence electrons. The van der Waals surface area contributed by atoms with E-state index in [0.717, 1.165) is 0 Å². The van der Waals surface area contributed by atoms with Gasteiger partial charge in [-0.1, -0.05) is 0 Å². The van der Waals surface area contributed by atoms with Crippen molar-refractivity contribution in [3.63, 3.8) is 0 Å². The van der Waals surface area contributed by atoms with E-state index >= 15 is 0 Å². The number of Topliss-reactive ketones (excluding diaryl/α,β-unsaturated/α-hetero) is 1. The van der Waals surface area contributed by atoms with E-state index in [1.54, 1.807) is 25.1 Å². The fraction of sp³-hybridized carbons (Fsp3) is 0.417. The average molecular weight is 261 g/mol. The van der Waals surface area contributed by atoms with Crippen LogP contribution in [-0.4, -0.2) is 32.2 Å². The number of carbonyl (C=O) groups excluding carboxylic acids is 1. The number of benzene rings is 1. The molecule has 0 bridgehead atoms. The summed E-state index contributed by atoms with van der Waals surface area (Å²) in [4.78, 5) is 11.7. The maximum atomic E-state index is 11.9. The summed E-state index contributed by atoms with van der Waals surface area (Å²) in [5, 5.41) is 2.07. The van der Waals surface area contributed by atoms with Crippen LogP contribution in [0.1, 0.15) is 15.9 Å². The third-order valence-corrected chi connectivity index (χ3v) is 2.34. The normalized spacial score (nSPS) is 11.4. The fourth-order valence-corrected chi connectivity index (χ4v) is 1.49. The highest BCUT2D eigenvalue weighted by atomic mass is 19.4. The standard InChI is InChI=1S/C12H14F3NO2/c1-8-5-9(18-2)3-4-10(8)11(17)6-16-7-12(13,14)15/h3-5,16H,6-7H2,1-2H3. The lowest BCUT2D eigenvalue weighted by Crippen LogP contribution is -2.33. The zero-order valence-corrected chi connectivity index (χ0v) is 10.1. The Morgan fingerprint density at radius 3 is 2.56 bits per heavy atom. The summed E-state index contributed by atoms with van der Waals surface area (Å²) in [6, 6.07) is 4.81. The van der Waals surface area contributed by atoms with Crippen molar-refractivity contribution in [2.24, 2.45) is 0 Å². The molecule has 0 unspecified atom stereocenters. The van der Waals surface area contributed by atoms with E-state index in [-0.39, 0.29) is 12.3 Å². The number of halogens is 3. The summed E-state index contributed by atoms with van der Waals surface area (Å²) in [6.45, 7) is 0.195. The molecule has 0 aliphatic carbocycles. The lowest BCUT2D eigenvalue weighted by molar-refractivity contribution is -0.124. The Labute approximate surface area is 103 Å². The van der Waals surface area contributed by atoms with Gasteiger partial charge in [-0.25, -0.2) is 0 Å². The first kappa shape index (κ1) is 14.5. The molecule has 0 amide bonds. The van der Waals surface area contributed by atoms with Crippen molar-refractivity contribution >= 4 is 5.78 Å². The van der Waals surface area contributed by atoms with Gasteiger partial charge < -0.3 is 10.1 Å². The summed E-state index contributed by atoms with van der Waals surface area (Å²) in [6.07, 6.45) is -4.31. The highest BCUT2D eigenvalue weighted by Crippen LogP contribution is 2.17. The highest BCUT2D eigenvalue weighted by Gasteiger charge is 2.26. The van der Waals surface area contributed by atoms with Crippen LogP contribution in [0.25, 0.3) is 0 Å². The number of alkyl halides is 3. The van der Waals surface area contributed by atoms with E-state index < -0.39 is 12.7 Å². The first-order valence-corrected chi connectivity index (χ1v) is 5.29. The molecule has 18 heavy (non-hydrogen) atoms. The number of ether oxygens (including phenoxy) is 1. The molecule has 0 fully saturated rings. The Morgan fingerprint density at radius 2 is 2.06 bits per heavy atom. The molecule has 6 heteroatoms. The Balaban J connectivity index is 2.62. The van der Waals surface area contributed by atoms with Crippen molar-refractivity contribution < 1.29 is 22.7 Å². The second-order valence-corrected chi connectivity index (χ2v) is 3.82. The largest absolute Gasteiger partial charge is 0.497 e. The molecule has 0 spiro atoms. The average Bonchev–Trinajstić information content (AvgIpc) is 2.26. The molecular formula is C12H14F3NO2. The molecule has 1 rings (SSSR count). The summed E-state index contributed by atoms with van der Waals surface area (Å²) in [7, 11) is 1.50. The molecule has 0 saturated heterocycles. The summed E-state index contributed by atoms with van der Waals surface area (Å²) in [5.74, 6) is 0.228. The van der Waals surface area contributed by atoms with Gasteiger partial charge in [0, 0.05) is 5.56 Å². The Bertz CT molecular complexity index is 430. The van der Waals surface area contributed by atoms with Gasteiger partial charge in [0.25, 0.3) is 0 Å². The van der Waals surface area contributed by atoms with Crippen LogP contribution in [0, 0.1) is 6.92 Å². The lowest BCUT2D eigenvalue weighted by atomic mass is 10.0. The van der Waals surface area contributed by atoms with E-state index in [4.69, 9.17) is 4.74 Å². The number of ketones is 1. The molecule has 0 heterocycles. The van der Waals surface area contributed by atoms with Gasteiger partial charge in [-0.15, -0.1) is 0 Å². The number of hydrogen-bond acceptors (Lipinski definition) is 3. The second kappa shape index (κ2) is 5.86. The van der Waals surface area contributed by atoms with Gasteiger partial charge in [-0.2, -0.15) is 13.2 Å². The molecule has 0 aliphatic heterocycles.